The van der Waals surface area contributed by atoms with Crippen LogP contribution in [0.5, 0.6) is 5.75 Å². The van der Waals surface area contributed by atoms with Gasteiger partial charge in [-0.25, -0.2) is 13.1 Å². The first-order valence-electron chi connectivity index (χ1n) is 9.12. The van der Waals surface area contributed by atoms with Crippen molar-refractivity contribution < 1.29 is 13.2 Å². The number of likely N-dealkylation sites (tertiary alicyclic amines) is 1. The molecule has 1 saturated heterocycles. The smallest absolute Gasteiger partial charge is 0.244 e. The van der Waals surface area contributed by atoms with Crippen molar-refractivity contribution in [1.29, 1.82) is 0 Å². The van der Waals surface area contributed by atoms with E-state index in [1.165, 1.54) is 24.3 Å². The molecule has 5 nitrogen and oxygen atoms in total. The minimum absolute atomic E-state index is 0.0524. The Hall–Kier alpha value is -1.12. The second-order valence-corrected chi connectivity index (χ2v) is 10.1. The third kappa shape index (κ3) is 5.27. The van der Waals surface area contributed by atoms with Gasteiger partial charge in [0.2, 0.25) is 10.0 Å². The summed E-state index contributed by atoms with van der Waals surface area (Å²) in [6.07, 6.45) is 1.52. The number of nitrogens with one attached hydrogen (secondary N) is 1. The molecular formula is C20H24BrClN2O3S. The summed E-state index contributed by atoms with van der Waals surface area (Å²) in [6.45, 7) is 4.66. The molecule has 0 atom stereocenters. The molecule has 2 aromatic carbocycles. The van der Waals surface area contributed by atoms with E-state index in [4.69, 9.17) is 16.3 Å². The van der Waals surface area contributed by atoms with E-state index in [2.05, 4.69) is 56.7 Å². The van der Waals surface area contributed by atoms with E-state index in [9.17, 15) is 8.42 Å². The van der Waals surface area contributed by atoms with E-state index in [-0.39, 0.29) is 16.7 Å². The fraction of sp³-hybridized carbons (Fsp3) is 0.400. The Morgan fingerprint density at radius 1 is 1.25 bits per heavy atom. The summed E-state index contributed by atoms with van der Waals surface area (Å²) in [5.41, 5.74) is 2.54. The Labute approximate surface area is 180 Å². The van der Waals surface area contributed by atoms with Crippen LogP contribution in [-0.4, -0.2) is 39.6 Å². The second-order valence-electron chi connectivity index (χ2n) is 7.08. The first kappa shape index (κ1) is 21.6. The van der Waals surface area contributed by atoms with Crippen LogP contribution in [-0.2, 0) is 16.6 Å². The Kier molecular flexibility index (Phi) is 7.04. The molecular weight excluding hydrogens is 464 g/mol. The zero-order valence-corrected chi connectivity index (χ0v) is 19.1. The van der Waals surface area contributed by atoms with E-state index >= 15 is 0 Å². The van der Waals surface area contributed by atoms with E-state index in [1.54, 1.807) is 6.07 Å². The molecule has 0 aromatic heterocycles. The lowest BCUT2D eigenvalue weighted by Gasteiger charge is -2.32. The van der Waals surface area contributed by atoms with Crippen molar-refractivity contribution in [1.82, 2.24) is 9.62 Å². The van der Waals surface area contributed by atoms with Gasteiger partial charge in [-0.15, -0.1) is 0 Å². The van der Waals surface area contributed by atoms with Crippen molar-refractivity contribution in [2.24, 2.45) is 0 Å². The van der Waals surface area contributed by atoms with Crippen molar-refractivity contribution >= 4 is 37.6 Å². The Morgan fingerprint density at radius 3 is 2.61 bits per heavy atom. The third-order valence-corrected chi connectivity index (χ3v) is 7.20. The topological polar surface area (TPSA) is 58.6 Å². The van der Waals surface area contributed by atoms with Gasteiger partial charge in [0.25, 0.3) is 0 Å². The molecule has 0 spiro atoms. The molecule has 0 amide bonds. The van der Waals surface area contributed by atoms with Crippen molar-refractivity contribution in [3.8, 4) is 5.75 Å². The van der Waals surface area contributed by atoms with Gasteiger partial charge in [0.05, 0.1) is 11.6 Å². The van der Waals surface area contributed by atoms with Crippen LogP contribution in [0.25, 0.3) is 0 Å². The summed E-state index contributed by atoms with van der Waals surface area (Å²) in [5, 5.41) is 0.334. The fourth-order valence-electron chi connectivity index (χ4n) is 3.49. The van der Waals surface area contributed by atoms with Crippen LogP contribution in [0.2, 0.25) is 5.02 Å². The largest absolute Gasteiger partial charge is 0.494 e. The highest BCUT2D eigenvalue weighted by molar-refractivity contribution is 9.10. The molecule has 3 rings (SSSR count). The van der Waals surface area contributed by atoms with Crippen LogP contribution >= 0.6 is 27.5 Å². The van der Waals surface area contributed by atoms with Gasteiger partial charge in [-0.2, -0.15) is 0 Å². The highest BCUT2D eigenvalue weighted by atomic mass is 79.9. The number of piperidine rings is 1. The van der Waals surface area contributed by atoms with Crippen molar-refractivity contribution in [2.45, 2.75) is 37.2 Å². The van der Waals surface area contributed by atoms with Gasteiger partial charge in [0.15, 0.2) is 5.75 Å². The normalized spacial score (nSPS) is 16.3. The van der Waals surface area contributed by atoms with Crippen molar-refractivity contribution in [3.63, 3.8) is 0 Å². The number of halogens is 2. The van der Waals surface area contributed by atoms with Gasteiger partial charge in [0, 0.05) is 30.7 Å². The molecule has 0 aliphatic carbocycles. The number of aryl methyl sites for hydroxylation is 1. The van der Waals surface area contributed by atoms with Crippen molar-refractivity contribution in [3.05, 3.63) is 57.0 Å². The van der Waals surface area contributed by atoms with Gasteiger partial charge in [-0.05, 0) is 53.4 Å². The lowest BCUT2D eigenvalue weighted by molar-refractivity contribution is 0.200. The molecule has 8 heteroatoms. The molecule has 28 heavy (non-hydrogen) atoms. The quantitative estimate of drug-likeness (QED) is 0.658. The number of hydrogen-bond acceptors (Lipinski definition) is 4. The van der Waals surface area contributed by atoms with Crippen LogP contribution in [0.1, 0.15) is 24.0 Å². The summed E-state index contributed by atoms with van der Waals surface area (Å²) in [7, 11) is -2.30. The lowest BCUT2D eigenvalue weighted by atomic mass is 10.0. The average molecular weight is 488 g/mol. The van der Waals surface area contributed by atoms with Crippen LogP contribution in [0.4, 0.5) is 0 Å². The number of nitrogens with zero attached hydrogens (tertiary/aromatic N) is 1. The summed E-state index contributed by atoms with van der Waals surface area (Å²) in [6, 6.07) is 11.4. The van der Waals surface area contributed by atoms with Crippen LogP contribution in [0.15, 0.2) is 45.8 Å². The van der Waals surface area contributed by atoms with Gasteiger partial charge >= 0.3 is 0 Å². The maximum atomic E-state index is 12.9. The number of sulfonamides is 1. The minimum Gasteiger partial charge on any atom is -0.494 e. The van der Waals surface area contributed by atoms with Crippen LogP contribution < -0.4 is 9.46 Å². The molecule has 2 aromatic rings. The summed E-state index contributed by atoms with van der Waals surface area (Å²) < 4.78 is 34.4. The Bertz CT molecular complexity index is 944. The molecule has 1 heterocycles. The minimum atomic E-state index is -3.74. The molecule has 152 valence electrons. The van der Waals surface area contributed by atoms with Crippen molar-refractivity contribution in [2.75, 3.05) is 20.2 Å². The van der Waals surface area contributed by atoms with E-state index < -0.39 is 10.0 Å². The second kappa shape index (κ2) is 9.13. The molecule has 1 N–H and O–H groups in total. The highest BCUT2D eigenvalue weighted by Gasteiger charge is 2.28. The Balaban J connectivity index is 1.64. The predicted octanol–water partition coefficient (Wildman–Crippen LogP) is 4.36. The van der Waals surface area contributed by atoms with Gasteiger partial charge in [-0.3, -0.25) is 4.90 Å². The molecule has 0 saturated carbocycles. The van der Waals surface area contributed by atoms with E-state index in [0.717, 1.165) is 32.5 Å². The van der Waals surface area contributed by atoms with Crippen LogP contribution in [0.3, 0.4) is 0 Å². The predicted molar refractivity (Wildman–Crippen MR) is 116 cm³/mol. The third-order valence-electron chi connectivity index (χ3n) is 4.87. The summed E-state index contributed by atoms with van der Waals surface area (Å²) in [5.74, 6) is 0.258. The number of methoxy groups -OCH3 is 1. The Morgan fingerprint density at radius 2 is 1.96 bits per heavy atom. The molecule has 0 bridgehead atoms. The molecule has 1 aliphatic rings. The van der Waals surface area contributed by atoms with Crippen LogP contribution in [0, 0.1) is 6.92 Å². The van der Waals surface area contributed by atoms with Gasteiger partial charge < -0.3 is 4.74 Å². The fourth-order valence-corrected chi connectivity index (χ4v) is 6.18. The SMILES string of the molecule is COc1c(Br)cc(Cl)cc1S(=O)(=O)NC1CCN(Cc2cccc(C)c2)CC1. The maximum Gasteiger partial charge on any atom is 0.244 e. The number of rotatable bonds is 6. The zero-order valence-electron chi connectivity index (χ0n) is 15.9. The van der Waals surface area contributed by atoms with E-state index in [0.29, 0.717) is 9.50 Å². The maximum absolute atomic E-state index is 12.9. The number of hydrogen-bond donors (Lipinski definition) is 1. The molecule has 1 fully saturated rings. The first-order valence-corrected chi connectivity index (χ1v) is 11.8. The summed E-state index contributed by atoms with van der Waals surface area (Å²) >= 11 is 9.36. The summed E-state index contributed by atoms with van der Waals surface area (Å²) in [4.78, 5) is 2.41. The van der Waals surface area contributed by atoms with E-state index in [1.807, 2.05) is 0 Å². The standard InChI is InChI=1S/C20H24BrClN2O3S/c1-14-4-3-5-15(10-14)13-24-8-6-17(7-9-24)23-28(25,26)19-12-16(22)11-18(21)20(19)27-2/h3-5,10-12,17,23H,6-9,13H2,1-2H3. The monoisotopic (exact) mass is 486 g/mol. The lowest BCUT2D eigenvalue weighted by Crippen LogP contribution is -2.44. The average Bonchev–Trinajstić information content (AvgIpc) is 2.62. The molecule has 0 unspecified atom stereocenters. The van der Waals surface area contributed by atoms with Gasteiger partial charge in [-0.1, -0.05) is 41.4 Å². The number of benzene rings is 2. The molecule has 0 radical (unpaired) electrons. The number of ether oxygens (including phenoxy) is 1. The zero-order chi connectivity index (χ0) is 20.3. The highest BCUT2D eigenvalue weighted by Crippen LogP contribution is 2.35. The van der Waals surface area contributed by atoms with Gasteiger partial charge in [0.1, 0.15) is 4.90 Å². The molecule has 1 aliphatic heterocycles. The first-order chi connectivity index (χ1) is 13.3.